The number of methoxy groups -OCH3 is 1. The normalized spacial score (nSPS) is 14.9. The number of fused-ring (bicyclic) bond motifs is 2. The van der Waals surface area contributed by atoms with Crippen molar-refractivity contribution < 1.29 is 19.4 Å². The first kappa shape index (κ1) is 31.1. The molecule has 8 rings (SSSR count). The molecule has 0 atom stereocenters. The van der Waals surface area contributed by atoms with Crippen LogP contribution in [-0.4, -0.2) is 64.5 Å². The van der Waals surface area contributed by atoms with Crippen LogP contribution in [0.2, 0.25) is 0 Å². The van der Waals surface area contributed by atoms with Gasteiger partial charge in [-0.15, -0.1) is 0 Å². The number of aromatic carboxylic acids is 1. The molecule has 2 aliphatic carbocycles. The van der Waals surface area contributed by atoms with Crippen LogP contribution in [0.1, 0.15) is 65.7 Å². The molecule has 0 radical (unpaired) electrons. The zero-order valence-corrected chi connectivity index (χ0v) is 26.3. The molecule has 6 heterocycles. The molecule has 12 nitrogen and oxygen atoms in total. The Morgan fingerprint density at radius 1 is 0.653 bits per heavy atom. The lowest BCUT2D eigenvalue weighted by Crippen LogP contribution is -2.31. The number of esters is 1. The number of carboxylic acid groups (broad SMARTS) is 1. The number of ether oxygens (including phenoxy) is 1. The van der Waals surface area contributed by atoms with E-state index in [1.807, 2.05) is 91.5 Å². The van der Waals surface area contributed by atoms with Gasteiger partial charge in [-0.05, 0) is 46.5 Å². The average Bonchev–Trinajstić information content (AvgIpc) is 3.80. The second-order valence-corrected chi connectivity index (χ2v) is 11.7. The van der Waals surface area contributed by atoms with E-state index in [-0.39, 0.29) is 5.69 Å². The molecule has 0 fully saturated rings. The zero-order chi connectivity index (χ0) is 33.8. The minimum Gasteiger partial charge on any atom is -0.476 e. The van der Waals surface area contributed by atoms with Gasteiger partial charge in [-0.25, -0.2) is 9.59 Å². The number of hydrogen-bond acceptors (Lipinski definition) is 9. The molecule has 6 aromatic heterocycles. The molecule has 2 aliphatic rings. The molecule has 0 bridgehead atoms. The van der Waals surface area contributed by atoms with E-state index in [1.54, 1.807) is 24.8 Å². The van der Waals surface area contributed by atoms with E-state index in [0.717, 1.165) is 39.2 Å². The molecule has 0 spiro atoms. The van der Waals surface area contributed by atoms with Crippen LogP contribution in [0, 0.1) is 0 Å². The van der Waals surface area contributed by atoms with Crippen LogP contribution in [0.3, 0.4) is 0 Å². The van der Waals surface area contributed by atoms with E-state index in [9.17, 15) is 14.7 Å². The zero-order valence-electron chi connectivity index (χ0n) is 26.3. The van der Waals surface area contributed by atoms with E-state index in [2.05, 4.69) is 46.4 Å². The molecule has 0 saturated heterocycles. The average molecular weight is 651 g/mol. The lowest BCUT2D eigenvalue weighted by atomic mass is 9.69. The van der Waals surface area contributed by atoms with Gasteiger partial charge in [0.15, 0.2) is 11.4 Å². The fourth-order valence-corrected chi connectivity index (χ4v) is 6.58. The molecule has 0 amide bonds. The molecule has 12 heteroatoms. The Balaban J connectivity index is 0.000000154. The largest absolute Gasteiger partial charge is 0.476 e. The second kappa shape index (κ2) is 12.9. The monoisotopic (exact) mass is 650 g/mol. The minimum absolute atomic E-state index is 0.0484. The maximum absolute atomic E-state index is 11.9. The van der Waals surface area contributed by atoms with Gasteiger partial charge >= 0.3 is 11.9 Å². The first-order chi connectivity index (χ1) is 23.9. The predicted molar refractivity (Wildman–Crippen MR) is 179 cm³/mol. The molecule has 49 heavy (non-hydrogen) atoms. The standard InChI is InChI=1S/C19H16N4O2.C18H14N4O2/c1-25-18(24)17-15-6-7-19(10-16(15)22-23-17,13-4-2-8-20-11-13)14-5-3-9-21-12-14;23-17(24)16-14-5-6-18(9-15(14)21-22-16,12-3-1-7-19-10-12)13-4-2-8-20-11-13/h2-9,11-12H,10H2,1H3,(H,22,23);1-8,10-11H,9H2,(H,21,22)(H,23,24). The highest BCUT2D eigenvalue weighted by Gasteiger charge is 2.39. The molecule has 0 aliphatic heterocycles. The van der Waals surface area contributed by atoms with Gasteiger partial charge in [-0.1, -0.05) is 48.6 Å². The van der Waals surface area contributed by atoms with Crippen LogP contribution in [0.5, 0.6) is 0 Å². The smallest absolute Gasteiger partial charge is 0.359 e. The van der Waals surface area contributed by atoms with Crippen LogP contribution in [0.4, 0.5) is 0 Å². The van der Waals surface area contributed by atoms with Crippen molar-refractivity contribution in [1.29, 1.82) is 0 Å². The van der Waals surface area contributed by atoms with Crippen LogP contribution >= 0.6 is 0 Å². The Kier molecular flexibility index (Phi) is 8.19. The SMILES string of the molecule is COC(=O)c1n[nH]c2c1C=CC(c1cccnc1)(c1cccnc1)C2.O=C(O)c1n[nH]c2c1C=CC(c1cccnc1)(c1cccnc1)C2. The molecule has 3 N–H and O–H groups in total. The molecular formula is C37H30N8O4. The highest BCUT2D eigenvalue weighted by Crippen LogP contribution is 2.42. The third kappa shape index (κ3) is 5.58. The molecule has 0 unspecified atom stereocenters. The Labute approximate surface area is 280 Å². The second-order valence-electron chi connectivity index (χ2n) is 11.7. The minimum atomic E-state index is -1.03. The quantitative estimate of drug-likeness (QED) is 0.208. The number of pyridine rings is 4. The summed E-state index contributed by atoms with van der Waals surface area (Å²) in [5.41, 5.74) is 6.70. The number of aromatic nitrogens is 8. The van der Waals surface area contributed by atoms with Crippen molar-refractivity contribution in [2.45, 2.75) is 23.7 Å². The highest BCUT2D eigenvalue weighted by molar-refractivity contribution is 5.92. The van der Waals surface area contributed by atoms with Crippen LogP contribution in [-0.2, 0) is 28.4 Å². The number of hydrogen-bond donors (Lipinski definition) is 3. The summed E-state index contributed by atoms with van der Waals surface area (Å²) in [6.07, 6.45) is 23.4. The maximum atomic E-state index is 11.9. The van der Waals surface area contributed by atoms with Gasteiger partial charge in [0.05, 0.1) is 7.11 Å². The van der Waals surface area contributed by atoms with Crippen molar-refractivity contribution in [3.63, 3.8) is 0 Å². The number of nitrogens with one attached hydrogen (secondary N) is 2. The van der Waals surface area contributed by atoms with Gasteiger partial charge in [0.1, 0.15) is 0 Å². The first-order valence-corrected chi connectivity index (χ1v) is 15.4. The van der Waals surface area contributed by atoms with E-state index < -0.39 is 22.8 Å². The summed E-state index contributed by atoms with van der Waals surface area (Å²) in [5.74, 6) is -1.48. The number of aromatic amines is 2. The lowest BCUT2D eigenvalue weighted by Gasteiger charge is -2.33. The van der Waals surface area contributed by atoms with Crippen LogP contribution in [0.25, 0.3) is 12.2 Å². The van der Waals surface area contributed by atoms with Gasteiger partial charge in [0, 0.05) is 95.8 Å². The van der Waals surface area contributed by atoms with Gasteiger partial charge in [-0.2, -0.15) is 10.2 Å². The number of allylic oxidation sites excluding steroid dienone is 2. The number of nitrogens with zero attached hydrogens (tertiary/aromatic N) is 6. The van der Waals surface area contributed by atoms with E-state index in [4.69, 9.17) is 4.74 Å². The van der Waals surface area contributed by atoms with Gasteiger partial charge < -0.3 is 9.84 Å². The third-order valence-corrected chi connectivity index (χ3v) is 9.03. The molecule has 0 aromatic carbocycles. The van der Waals surface area contributed by atoms with Crippen molar-refractivity contribution in [2.24, 2.45) is 0 Å². The summed E-state index contributed by atoms with van der Waals surface area (Å²) < 4.78 is 4.81. The molecule has 0 saturated carbocycles. The van der Waals surface area contributed by atoms with Crippen molar-refractivity contribution in [3.05, 3.63) is 166 Å². The fraction of sp³-hybridized carbons (Fsp3) is 0.135. The number of carbonyl (C=O) groups is 2. The summed E-state index contributed by atoms with van der Waals surface area (Å²) in [4.78, 5) is 40.2. The Morgan fingerprint density at radius 2 is 1.04 bits per heavy atom. The van der Waals surface area contributed by atoms with Crippen molar-refractivity contribution in [1.82, 2.24) is 40.3 Å². The Bertz CT molecular complexity index is 2080. The molecular weight excluding hydrogens is 620 g/mol. The number of H-pyrrole nitrogens is 2. The van der Waals surface area contributed by atoms with E-state index in [1.165, 1.54) is 7.11 Å². The third-order valence-electron chi connectivity index (χ3n) is 9.03. The number of carbonyl (C=O) groups excluding carboxylic acids is 1. The van der Waals surface area contributed by atoms with Crippen LogP contribution < -0.4 is 0 Å². The van der Waals surface area contributed by atoms with Gasteiger partial charge in [0.25, 0.3) is 0 Å². The van der Waals surface area contributed by atoms with Crippen molar-refractivity contribution in [3.8, 4) is 0 Å². The fourth-order valence-electron chi connectivity index (χ4n) is 6.58. The Morgan fingerprint density at radius 3 is 1.39 bits per heavy atom. The first-order valence-electron chi connectivity index (χ1n) is 15.4. The van der Waals surface area contributed by atoms with E-state index >= 15 is 0 Å². The summed E-state index contributed by atoms with van der Waals surface area (Å²) in [6.45, 7) is 0. The summed E-state index contributed by atoms with van der Waals surface area (Å²) in [7, 11) is 1.35. The van der Waals surface area contributed by atoms with Gasteiger partial charge in [0.2, 0.25) is 0 Å². The van der Waals surface area contributed by atoms with Crippen molar-refractivity contribution >= 4 is 24.1 Å². The number of rotatable bonds is 6. The summed E-state index contributed by atoms with van der Waals surface area (Å²) in [5, 5.41) is 23.2. The highest BCUT2D eigenvalue weighted by atomic mass is 16.5. The molecule has 6 aromatic rings. The van der Waals surface area contributed by atoms with Crippen molar-refractivity contribution in [2.75, 3.05) is 7.11 Å². The van der Waals surface area contributed by atoms with E-state index in [0.29, 0.717) is 24.1 Å². The summed E-state index contributed by atoms with van der Waals surface area (Å²) in [6, 6.07) is 15.8. The lowest BCUT2D eigenvalue weighted by molar-refractivity contribution is 0.0592. The molecule has 242 valence electrons. The van der Waals surface area contributed by atoms with Crippen LogP contribution in [0.15, 0.2) is 110 Å². The maximum Gasteiger partial charge on any atom is 0.359 e. The predicted octanol–water partition coefficient (Wildman–Crippen LogP) is 5.00. The topological polar surface area (TPSA) is 173 Å². The Hall–Kier alpha value is -6.56. The number of carboxylic acids is 1. The van der Waals surface area contributed by atoms with Gasteiger partial charge in [-0.3, -0.25) is 30.1 Å². The summed E-state index contributed by atoms with van der Waals surface area (Å²) >= 11 is 0.